The topological polar surface area (TPSA) is 58.9 Å². The van der Waals surface area contributed by atoms with E-state index in [1.807, 2.05) is 48.5 Å². The van der Waals surface area contributed by atoms with Crippen LogP contribution in [0.25, 0.3) is 0 Å². The number of hydrogen-bond donors (Lipinski definition) is 2. The number of rotatable bonds is 6. The zero-order valence-corrected chi connectivity index (χ0v) is 14.6. The molecule has 0 amide bonds. The number of aliphatic hydroxyl groups excluding tert-OH is 2. The SMILES string of the molecule is CC(C)(CC(O)C1Oc2ccccc21)CC(O)C1Oc2ccccc21. The highest BCUT2D eigenvalue weighted by Crippen LogP contribution is 2.46. The van der Waals surface area contributed by atoms with Crippen molar-refractivity contribution in [3.8, 4) is 11.5 Å². The fourth-order valence-electron chi connectivity index (χ4n) is 3.93. The largest absolute Gasteiger partial charge is 0.482 e. The first-order valence-electron chi connectivity index (χ1n) is 8.82. The van der Waals surface area contributed by atoms with Crippen molar-refractivity contribution in [2.75, 3.05) is 0 Å². The number of hydrogen-bond acceptors (Lipinski definition) is 4. The van der Waals surface area contributed by atoms with Gasteiger partial charge in [-0.25, -0.2) is 0 Å². The smallest absolute Gasteiger partial charge is 0.153 e. The van der Waals surface area contributed by atoms with Gasteiger partial charge in [0.1, 0.15) is 11.5 Å². The van der Waals surface area contributed by atoms with Crippen LogP contribution >= 0.6 is 0 Å². The summed E-state index contributed by atoms with van der Waals surface area (Å²) in [5.41, 5.74) is 1.88. The van der Waals surface area contributed by atoms with Gasteiger partial charge in [0, 0.05) is 11.1 Å². The number of benzene rings is 2. The molecule has 0 saturated heterocycles. The molecule has 2 N–H and O–H groups in total. The summed E-state index contributed by atoms with van der Waals surface area (Å²) in [5.74, 6) is 1.70. The third-order valence-electron chi connectivity index (χ3n) is 5.18. The minimum Gasteiger partial charge on any atom is -0.482 e. The Labute approximate surface area is 148 Å². The molecule has 4 nitrogen and oxygen atoms in total. The van der Waals surface area contributed by atoms with Gasteiger partial charge in [-0.05, 0) is 30.4 Å². The van der Waals surface area contributed by atoms with Gasteiger partial charge in [-0.2, -0.15) is 0 Å². The molecule has 0 bridgehead atoms. The Morgan fingerprint density at radius 3 is 1.60 bits per heavy atom. The van der Waals surface area contributed by atoms with E-state index in [9.17, 15) is 10.2 Å². The number of aliphatic hydroxyl groups is 2. The first-order valence-corrected chi connectivity index (χ1v) is 8.82. The molecule has 0 radical (unpaired) electrons. The third-order valence-corrected chi connectivity index (χ3v) is 5.18. The van der Waals surface area contributed by atoms with E-state index >= 15 is 0 Å². The van der Waals surface area contributed by atoms with E-state index in [1.165, 1.54) is 0 Å². The van der Waals surface area contributed by atoms with E-state index in [-0.39, 0.29) is 17.6 Å². The molecule has 0 aliphatic carbocycles. The summed E-state index contributed by atoms with van der Waals surface area (Å²) in [6, 6.07) is 15.6. The van der Waals surface area contributed by atoms with Crippen molar-refractivity contribution in [1.82, 2.24) is 0 Å². The van der Waals surface area contributed by atoms with Gasteiger partial charge in [-0.3, -0.25) is 0 Å². The van der Waals surface area contributed by atoms with Gasteiger partial charge in [-0.1, -0.05) is 50.2 Å². The van der Waals surface area contributed by atoms with Crippen molar-refractivity contribution >= 4 is 0 Å². The third kappa shape index (κ3) is 3.00. The molecule has 2 aliphatic rings. The second kappa shape index (κ2) is 6.04. The van der Waals surface area contributed by atoms with Crippen molar-refractivity contribution in [3.05, 3.63) is 59.7 Å². The zero-order chi connectivity index (χ0) is 17.6. The van der Waals surface area contributed by atoms with Crippen LogP contribution in [0.1, 0.15) is 50.0 Å². The van der Waals surface area contributed by atoms with E-state index in [2.05, 4.69) is 13.8 Å². The summed E-state index contributed by atoms with van der Waals surface area (Å²) in [4.78, 5) is 0. The van der Waals surface area contributed by atoms with Crippen LogP contribution in [0.2, 0.25) is 0 Å². The standard InChI is InChI=1S/C21H24O4/c1-21(2,11-15(22)19-13-7-3-5-9-17(13)24-19)12-16(23)20-14-8-4-6-10-18(14)25-20/h3-10,15-16,19-20,22-23H,11-12H2,1-2H3. The van der Waals surface area contributed by atoms with Crippen LogP contribution in [0.15, 0.2) is 48.5 Å². The van der Waals surface area contributed by atoms with Crippen molar-refractivity contribution in [3.63, 3.8) is 0 Å². The van der Waals surface area contributed by atoms with Gasteiger partial charge >= 0.3 is 0 Å². The average Bonchev–Trinajstić information content (AvgIpc) is 2.48. The van der Waals surface area contributed by atoms with Crippen LogP contribution < -0.4 is 9.47 Å². The van der Waals surface area contributed by atoms with E-state index in [1.54, 1.807) is 0 Å². The van der Waals surface area contributed by atoms with E-state index in [4.69, 9.17) is 9.47 Å². The Morgan fingerprint density at radius 2 is 1.20 bits per heavy atom. The Bertz CT molecular complexity index is 706. The van der Waals surface area contributed by atoms with Gasteiger partial charge < -0.3 is 19.7 Å². The van der Waals surface area contributed by atoms with Crippen LogP contribution in [0.5, 0.6) is 11.5 Å². The molecular formula is C21H24O4. The van der Waals surface area contributed by atoms with Gasteiger partial charge in [0.05, 0.1) is 12.2 Å². The minimum atomic E-state index is -0.591. The molecule has 0 aromatic heterocycles. The molecule has 4 unspecified atom stereocenters. The maximum atomic E-state index is 10.6. The first kappa shape index (κ1) is 16.4. The van der Waals surface area contributed by atoms with Crippen LogP contribution in [0.3, 0.4) is 0 Å². The summed E-state index contributed by atoms with van der Waals surface area (Å²) >= 11 is 0. The fourth-order valence-corrected chi connectivity index (χ4v) is 3.93. The second-order valence-corrected chi connectivity index (χ2v) is 7.86. The van der Waals surface area contributed by atoms with E-state index < -0.39 is 12.2 Å². The molecule has 2 aliphatic heterocycles. The maximum absolute atomic E-state index is 10.6. The van der Waals surface area contributed by atoms with Crippen molar-refractivity contribution in [2.45, 2.75) is 51.1 Å². The van der Waals surface area contributed by atoms with Crippen LogP contribution in [0.4, 0.5) is 0 Å². The monoisotopic (exact) mass is 340 g/mol. The predicted molar refractivity (Wildman–Crippen MR) is 94.7 cm³/mol. The molecule has 0 fully saturated rings. The zero-order valence-electron chi connectivity index (χ0n) is 14.6. The van der Waals surface area contributed by atoms with Crippen LogP contribution in [-0.4, -0.2) is 22.4 Å². The number of fused-ring (bicyclic) bond motifs is 2. The maximum Gasteiger partial charge on any atom is 0.153 e. The molecule has 4 heteroatoms. The Hall–Kier alpha value is -2.04. The first-order chi connectivity index (χ1) is 11.9. The highest BCUT2D eigenvalue weighted by Gasteiger charge is 2.40. The number of ether oxygens (including phenoxy) is 2. The summed E-state index contributed by atoms with van der Waals surface area (Å²) < 4.78 is 11.4. The van der Waals surface area contributed by atoms with Gasteiger partial charge in [-0.15, -0.1) is 0 Å². The summed E-state index contributed by atoms with van der Waals surface area (Å²) in [5, 5.41) is 21.2. The molecule has 132 valence electrons. The Kier molecular flexibility index (Phi) is 3.97. The summed E-state index contributed by atoms with van der Waals surface area (Å²) in [6.45, 7) is 4.13. The van der Waals surface area contributed by atoms with E-state index in [0.717, 1.165) is 22.6 Å². The molecule has 0 saturated carbocycles. The fraction of sp³-hybridized carbons (Fsp3) is 0.429. The van der Waals surface area contributed by atoms with Crippen molar-refractivity contribution in [1.29, 1.82) is 0 Å². The lowest BCUT2D eigenvalue weighted by atomic mass is 9.77. The average molecular weight is 340 g/mol. The molecule has 4 rings (SSSR count). The molecule has 2 aromatic carbocycles. The molecule has 25 heavy (non-hydrogen) atoms. The van der Waals surface area contributed by atoms with Gasteiger partial charge in [0.25, 0.3) is 0 Å². The van der Waals surface area contributed by atoms with E-state index in [0.29, 0.717) is 12.8 Å². The molecule has 2 aromatic rings. The quantitative estimate of drug-likeness (QED) is 0.840. The molecule has 4 atom stereocenters. The lowest BCUT2D eigenvalue weighted by Crippen LogP contribution is -2.38. The Balaban J connectivity index is 1.36. The summed E-state index contributed by atoms with van der Waals surface area (Å²) in [6.07, 6.45) is -0.616. The van der Waals surface area contributed by atoms with Crippen molar-refractivity contribution < 1.29 is 19.7 Å². The van der Waals surface area contributed by atoms with Crippen LogP contribution in [-0.2, 0) is 0 Å². The predicted octanol–water partition coefficient (Wildman–Crippen LogP) is 3.78. The van der Waals surface area contributed by atoms with Gasteiger partial charge in [0.2, 0.25) is 0 Å². The minimum absolute atomic E-state index is 0.235. The highest BCUT2D eigenvalue weighted by atomic mass is 16.5. The Morgan fingerprint density at radius 1 is 0.800 bits per heavy atom. The van der Waals surface area contributed by atoms with Crippen LogP contribution in [0, 0.1) is 5.41 Å². The molecule has 0 spiro atoms. The lowest BCUT2D eigenvalue weighted by Gasteiger charge is -2.40. The van der Waals surface area contributed by atoms with Crippen molar-refractivity contribution in [2.24, 2.45) is 5.41 Å². The normalized spacial score (nSPS) is 23.0. The second-order valence-electron chi connectivity index (χ2n) is 7.86. The molecular weight excluding hydrogens is 316 g/mol. The number of para-hydroxylation sites is 2. The van der Waals surface area contributed by atoms with Gasteiger partial charge in [0.15, 0.2) is 12.2 Å². The summed E-state index contributed by atoms with van der Waals surface area (Å²) in [7, 11) is 0. The lowest BCUT2D eigenvalue weighted by molar-refractivity contribution is -0.0478. The highest BCUT2D eigenvalue weighted by molar-refractivity contribution is 5.43. The molecule has 2 heterocycles.